The molecule has 0 aliphatic heterocycles. The summed E-state index contributed by atoms with van der Waals surface area (Å²) >= 11 is 12.4. The van der Waals surface area contributed by atoms with Crippen LogP contribution in [0, 0.1) is 0 Å². The molecule has 6 nitrogen and oxygen atoms in total. The summed E-state index contributed by atoms with van der Waals surface area (Å²) in [6, 6.07) is 11.7. The minimum Gasteiger partial charge on any atom is -0.478 e. The number of pyridine rings is 1. The van der Waals surface area contributed by atoms with E-state index in [0.717, 1.165) is 5.69 Å². The Morgan fingerprint density at radius 3 is 2.64 bits per heavy atom. The van der Waals surface area contributed by atoms with E-state index in [1.54, 1.807) is 42.4 Å². The van der Waals surface area contributed by atoms with Gasteiger partial charge in [-0.05, 0) is 36.4 Å². The van der Waals surface area contributed by atoms with Gasteiger partial charge in [-0.2, -0.15) is 0 Å². The van der Waals surface area contributed by atoms with Crippen molar-refractivity contribution >= 4 is 51.5 Å². The average Bonchev–Trinajstić information content (AvgIpc) is 2.65. The fourth-order valence-electron chi connectivity index (χ4n) is 2.93. The summed E-state index contributed by atoms with van der Waals surface area (Å²) < 4.78 is 0. The largest absolute Gasteiger partial charge is 0.478 e. The van der Waals surface area contributed by atoms with Gasteiger partial charge in [0.05, 0.1) is 29.4 Å². The Morgan fingerprint density at radius 2 is 1.96 bits per heavy atom. The molecule has 3 aromatic rings. The SMILES string of the molecule is CN(CC(=O)NCc1ccccn1)c1ccc(C(=O)O)c2cc(Cl)cc(Cl)c12. The van der Waals surface area contributed by atoms with Crippen LogP contribution < -0.4 is 10.2 Å². The maximum Gasteiger partial charge on any atom is 0.336 e. The summed E-state index contributed by atoms with van der Waals surface area (Å²) in [6.07, 6.45) is 1.66. The molecule has 144 valence electrons. The maximum atomic E-state index is 12.3. The molecule has 0 spiro atoms. The lowest BCUT2D eigenvalue weighted by molar-refractivity contribution is -0.119. The number of halogens is 2. The van der Waals surface area contributed by atoms with Crippen LogP contribution in [0.4, 0.5) is 5.69 Å². The quantitative estimate of drug-likeness (QED) is 0.633. The fourth-order valence-corrected chi connectivity index (χ4v) is 3.52. The van der Waals surface area contributed by atoms with Crippen molar-refractivity contribution in [1.82, 2.24) is 10.3 Å². The van der Waals surface area contributed by atoms with Crippen LogP contribution in [-0.2, 0) is 11.3 Å². The molecule has 0 bridgehead atoms. The lowest BCUT2D eigenvalue weighted by Crippen LogP contribution is -2.35. The van der Waals surface area contributed by atoms with Crippen molar-refractivity contribution in [3.63, 3.8) is 0 Å². The Kier molecular flexibility index (Phi) is 6.02. The number of benzene rings is 2. The Hall–Kier alpha value is -2.83. The highest BCUT2D eigenvalue weighted by atomic mass is 35.5. The zero-order valence-electron chi connectivity index (χ0n) is 14.9. The summed E-state index contributed by atoms with van der Waals surface area (Å²) in [7, 11) is 1.74. The zero-order valence-corrected chi connectivity index (χ0v) is 16.5. The van der Waals surface area contributed by atoms with Crippen molar-refractivity contribution in [2.45, 2.75) is 6.54 Å². The number of nitrogens with one attached hydrogen (secondary N) is 1. The number of likely N-dealkylation sites (N-methyl/N-ethyl adjacent to an activating group) is 1. The van der Waals surface area contributed by atoms with Gasteiger partial charge in [-0.1, -0.05) is 29.3 Å². The molecule has 0 aliphatic carbocycles. The zero-order chi connectivity index (χ0) is 20.3. The highest BCUT2D eigenvalue weighted by Gasteiger charge is 2.18. The number of nitrogens with zero attached hydrogens (tertiary/aromatic N) is 2. The molecule has 0 unspecified atom stereocenters. The number of rotatable bonds is 6. The second-order valence-electron chi connectivity index (χ2n) is 6.20. The Labute approximate surface area is 171 Å². The van der Waals surface area contributed by atoms with E-state index in [2.05, 4.69) is 10.3 Å². The molecular formula is C20H17Cl2N3O3. The minimum absolute atomic E-state index is 0.0628. The number of amides is 1. The van der Waals surface area contributed by atoms with Gasteiger partial charge in [0.15, 0.2) is 0 Å². The molecule has 0 saturated heterocycles. The normalized spacial score (nSPS) is 10.7. The highest BCUT2D eigenvalue weighted by Crippen LogP contribution is 2.37. The third kappa shape index (κ3) is 4.35. The van der Waals surface area contributed by atoms with Gasteiger partial charge in [0, 0.05) is 34.7 Å². The fraction of sp³-hybridized carbons (Fsp3) is 0.150. The number of anilines is 1. The number of carbonyl (C=O) groups is 2. The number of carboxylic acid groups (broad SMARTS) is 1. The van der Waals surface area contributed by atoms with Crippen molar-refractivity contribution < 1.29 is 14.7 Å². The summed E-state index contributed by atoms with van der Waals surface area (Å²) in [5.41, 5.74) is 1.48. The average molecular weight is 418 g/mol. The van der Waals surface area contributed by atoms with Crippen LogP contribution in [0.3, 0.4) is 0 Å². The number of carboxylic acids is 1. The number of aromatic carboxylic acids is 1. The molecule has 8 heteroatoms. The molecule has 0 saturated carbocycles. The molecule has 0 fully saturated rings. The lowest BCUT2D eigenvalue weighted by Gasteiger charge is -2.22. The Bertz CT molecular complexity index is 1040. The summed E-state index contributed by atoms with van der Waals surface area (Å²) in [5.74, 6) is -1.28. The smallest absolute Gasteiger partial charge is 0.336 e. The van der Waals surface area contributed by atoms with Crippen LogP contribution in [-0.4, -0.2) is 35.6 Å². The first-order chi connectivity index (χ1) is 13.4. The van der Waals surface area contributed by atoms with Crippen molar-refractivity contribution in [2.24, 2.45) is 0 Å². The van der Waals surface area contributed by atoms with Crippen LogP contribution in [0.25, 0.3) is 10.8 Å². The monoisotopic (exact) mass is 417 g/mol. The topological polar surface area (TPSA) is 82.5 Å². The first kappa shape index (κ1) is 19.9. The standard InChI is InChI=1S/C20H17Cl2N3O3/c1-25(11-18(26)24-10-13-4-2-3-7-23-13)17-6-5-14(20(27)28)15-8-12(21)9-16(22)19(15)17/h2-9H,10-11H2,1H3,(H,24,26)(H,27,28). The first-order valence-corrected chi connectivity index (χ1v) is 9.15. The summed E-state index contributed by atoms with van der Waals surface area (Å²) in [4.78, 5) is 29.7. The molecule has 1 aromatic heterocycles. The number of hydrogen-bond donors (Lipinski definition) is 2. The van der Waals surface area contributed by atoms with E-state index in [1.807, 2.05) is 12.1 Å². The molecule has 2 aromatic carbocycles. The summed E-state index contributed by atoms with van der Waals surface area (Å²) in [5, 5.41) is 13.9. The van der Waals surface area contributed by atoms with Crippen molar-refractivity contribution in [3.8, 4) is 0 Å². The highest BCUT2D eigenvalue weighted by molar-refractivity contribution is 6.40. The third-order valence-corrected chi connectivity index (χ3v) is 4.74. The lowest BCUT2D eigenvalue weighted by atomic mass is 10.0. The maximum absolute atomic E-state index is 12.3. The number of hydrogen-bond acceptors (Lipinski definition) is 4. The van der Waals surface area contributed by atoms with Crippen LogP contribution in [0.2, 0.25) is 10.0 Å². The molecule has 2 N–H and O–H groups in total. The Morgan fingerprint density at radius 1 is 1.18 bits per heavy atom. The molecule has 0 radical (unpaired) electrons. The van der Waals surface area contributed by atoms with Crippen molar-refractivity contribution in [1.29, 1.82) is 0 Å². The molecular weight excluding hydrogens is 401 g/mol. The predicted octanol–water partition coefficient (Wildman–Crippen LogP) is 3.99. The van der Waals surface area contributed by atoms with Crippen LogP contribution >= 0.6 is 23.2 Å². The summed E-state index contributed by atoms with van der Waals surface area (Å²) in [6.45, 7) is 0.385. The number of carbonyl (C=O) groups excluding carboxylic acids is 1. The molecule has 1 heterocycles. The van der Waals surface area contributed by atoms with E-state index < -0.39 is 5.97 Å². The first-order valence-electron chi connectivity index (χ1n) is 8.39. The van der Waals surface area contributed by atoms with Crippen LogP contribution in [0.1, 0.15) is 16.1 Å². The van der Waals surface area contributed by atoms with Gasteiger partial charge in [0.2, 0.25) is 5.91 Å². The van der Waals surface area contributed by atoms with Gasteiger partial charge in [0.25, 0.3) is 0 Å². The van der Waals surface area contributed by atoms with E-state index in [1.165, 1.54) is 6.07 Å². The third-order valence-electron chi connectivity index (χ3n) is 4.22. The van der Waals surface area contributed by atoms with Gasteiger partial charge in [-0.15, -0.1) is 0 Å². The second kappa shape index (κ2) is 8.46. The van der Waals surface area contributed by atoms with Gasteiger partial charge in [-0.25, -0.2) is 4.79 Å². The van der Waals surface area contributed by atoms with E-state index in [4.69, 9.17) is 23.2 Å². The van der Waals surface area contributed by atoms with Crippen molar-refractivity contribution in [2.75, 3.05) is 18.5 Å². The molecule has 3 rings (SSSR count). The number of aromatic nitrogens is 1. The van der Waals surface area contributed by atoms with Crippen LogP contribution in [0.5, 0.6) is 0 Å². The van der Waals surface area contributed by atoms with Gasteiger partial charge in [-0.3, -0.25) is 9.78 Å². The predicted molar refractivity (Wildman–Crippen MR) is 110 cm³/mol. The van der Waals surface area contributed by atoms with Gasteiger partial charge >= 0.3 is 5.97 Å². The van der Waals surface area contributed by atoms with E-state index in [-0.39, 0.29) is 18.0 Å². The molecule has 0 aliphatic rings. The second-order valence-corrected chi connectivity index (χ2v) is 7.05. The molecule has 1 amide bonds. The Balaban J connectivity index is 1.85. The minimum atomic E-state index is -1.08. The van der Waals surface area contributed by atoms with E-state index in [9.17, 15) is 14.7 Å². The molecule has 0 atom stereocenters. The van der Waals surface area contributed by atoms with E-state index >= 15 is 0 Å². The van der Waals surface area contributed by atoms with Crippen molar-refractivity contribution in [3.05, 3.63) is 70.0 Å². The number of fused-ring (bicyclic) bond motifs is 1. The molecule has 28 heavy (non-hydrogen) atoms. The van der Waals surface area contributed by atoms with Crippen LogP contribution in [0.15, 0.2) is 48.7 Å². The van der Waals surface area contributed by atoms with Gasteiger partial charge in [0.1, 0.15) is 0 Å². The van der Waals surface area contributed by atoms with E-state index in [0.29, 0.717) is 33.0 Å². The van der Waals surface area contributed by atoms with Gasteiger partial charge < -0.3 is 15.3 Å².